The fourth-order valence-corrected chi connectivity index (χ4v) is 2.32. The zero-order valence-corrected chi connectivity index (χ0v) is 13.4. The highest BCUT2D eigenvalue weighted by Crippen LogP contribution is 2.16. The van der Waals surface area contributed by atoms with E-state index < -0.39 is 11.9 Å². The molecule has 0 saturated carbocycles. The van der Waals surface area contributed by atoms with Crippen LogP contribution in [0.4, 0.5) is 5.95 Å². The molecule has 0 saturated heterocycles. The molecule has 0 aliphatic carbocycles. The van der Waals surface area contributed by atoms with Crippen LogP contribution in [-0.2, 0) is 4.74 Å². The number of esters is 1. The van der Waals surface area contributed by atoms with E-state index in [-0.39, 0.29) is 17.2 Å². The highest BCUT2D eigenvalue weighted by Gasteiger charge is 2.19. The standard InChI is InChI=1S/C18H17N3O3/c1-11(2)24-17(23)13-8-4-3-7-12(13)16(22)21-18-19-14-9-5-6-10-15(14)20-18/h3-11H,1-2H3,(H2,19,20,21,22). The van der Waals surface area contributed by atoms with Crippen molar-refractivity contribution in [2.24, 2.45) is 0 Å². The Balaban J connectivity index is 1.86. The summed E-state index contributed by atoms with van der Waals surface area (Å²) in [5, 5.41) is 2.68. The van der Waals surface area contributed by atoms with Crippen molar-refractivity contribution in [3.63, 3.8) is 0 Å². The Bertz CT molecular complexity index is 866. The van der Waals surface area contributed by atoms with Gasteiger partial charge in [-0.25, -0.2) is 9.78 Å². The third-order valence-electron chi connectivity index (χ3n) is 3.36. The Hall–Kier alpha value is -3.15. The molecule has 0 bridgehead atoms. The quantitative estimate of drug-likeness (QED) is 0.721. The number of carbonyl (C=O) groups is 2. The maximum Gasteiger partial charge on any atom is 0.339 e. The molecule has 0 unspecified atom stereocenters. The molecule has 0 radical (unpaired) electrons. The van der Waals surface area contributed by atoms with Crippen LogP contribution in [0.15, 0.2) is 48.5 Å². The number of ether oxygens (including phenoxy) is 1. The molecule has 0 fully saturated rings. The van der Waals surface area contributed by atoms with Crippen molar-refractivity contribution in [2.75, 3.05) is 5.32 Å². The molecule has 6 heteroatoms. The van der Waals surface area contributed by atoms with Gasteiger partial charge in [0.15, 0.2) is 0 Å². The van der Waals surface area contributed by atoms with Gasteiger partial charge in [-0.15, -0.1) is 0 Å². The Labute approximate surface area is 138 Å². The molecular formula is C18H17N3O3. The third kappa shape index (κ3) is 3.27. The third-order valence-corrected chi connectivity index (χ3v) is 3.36. The normalized spacial score (nSPS) is 10.8. The first-order chi connectivity index (χ1) is 11.5. The van der Waals surface area contributed by atoms with Crippen LogP contribution in [-0.4, -0.2) is 27.9 Å². The first-order valence-corrected chi connectivity index (χ1v) is 7.60. The van der Waals surface area contributed by atoms with E-state index in [2.05, 4.69) is 15.3 Å². The van der Waals surface area contributed by atoms with E-state index in [0.29, 0.717) is 5.95 Å². The maximum absolute atomic E-state index is 12.5. The van der Waals surface area contributed by atoms with Crippen molar-refractivity contribution in [3.05, 3.63) is 59.7 Å². The maximum atomic E-state index is 12.5. The number of rotatable bonds is 4. The molecule has 1 heterocycles. The van der Waals surface area contributed by atoms with Crippen molar-refractivity contribution in [1.82, 2.24) is 9.97 Å². The topological polar surface area (TPSA) is 84.1 Å². The SMILES string of the molecule is CC(C)OC(=O)c1ccccc1C(=O)Nc1nc2ccccc2[nH]1. The van der Waals surface area contributed by atoms with Crippen LogP contribution < -0.4 is 5.32 Å². The van der Waals surface area contributed by atoms with Crippen LogP contribution in [0.1, 0.15) is 34.6 Å². The summed E-state index contributed by atoms with van der Waals surface area (Å²) >= 11 is 0. The summed E-state index contributed by atoms with van der Waals surface area (Å²) < 4.78 is 5.18. The molecule has 0 aliphatic rings. The molecule has 0 aliphatic heterocycles. The number of aromatic nitrogens is 2. The van der Waals surface area contributed by atoms with Gasteiger partial charge in [0.2, 0.25) is 5.95 Å². The number of nitrogens with zero attached hydrogens (tertiary/aromatic N) is 1. The molecule has 0 atom stereocenters. The lowest BCUT2D eigenvalue weighted by Crippen LogP contribution is -2.19. The van der Waals surface area contributed by atoms with E-state index in [1.54, 1.807) is 38.1 Å². The number of anilines is 1. The number of carbonyl (C=O) groups excluding carboxylic acids is 2. The lowest BCUT2D eigenvalue weighted by atomic mass is 10.1. The largest absolute Gasteiger partial charge is 0.459 e. The van der Waals surface area contributed by atoms with Crippen LogP contribution in [0.5, 0.6) is 0 Å². The van der Waals surface area contributed by atoms with Crippen LogP contribution >= 0.6 is 0 Å². The van der Waals surface area contributed by atoms with Gasteiger partial charge in [-0.1, -0.05) is 24.3 Å². The zero-order chi connectivity index (χ0) is 17.1. The van der Waals surface area contributed by atoms with Crippen molar-refractivity contribution in [2.45, 2.75) is 20.0 Å². The van der Waals surface area contributed by atoms with Gasteiger partial charge in [-0.05, 0) is 38.1 Å². The van der Waals surface area contributed by atoms with Crippen molar-refractivity contribution >= 4 is 28.9 Å². The fraction of sp³-hybridized carbons (Fsp3) is 0.167. The molecule has 3 aromatic rings. The van der Waals surface area contributed by atoms with Gasteiger partial charge in [0.25, 0.3) is 5.91 Å². The number of nitrogens with one attached hydrogen (secondary N) is 2. The summed E-state index contributed by atoms with van der Waals surface area (Å²) in [6.07, 6.45) is -0.260. The Morgan fingerprint density at radius 1 is 1.04 bits per heavy atom. The predicted octanol–water partition coefficient (Wildman–Crippen LogP) is 3.38. The molecule has 1 amide bonds. The molecule has 2 aromatic carbocycles. The molecule has 24 heavy (non-hydrogen) atoms. The second-order valence-corrected chi connectivity index (χ2v) is 5.56. The summed E-state index contributed by atoms with van der Waals surface area (Å²) in [7, 11) is 0. The average Bonchev–Trinajstić information content (AvgIpc) is 2.96. The van der Waals surface area contributed by atoms with Gasteiger partial charge >= 0.3 is 5.97 Å². The number of hydrogen-bond donors (Lipinski definition) is 2. The number of hydrogen-bond acceptors (Lipinski definition) is 4. The number of amides is 1. The average molecular weight is 323 g/mol. The van der Waals surface area contributed by atoms with E-state index in [0.717, 1.165) is 11.0 Å². The van der Waals surface area contributed by atoms with E-state index in [9.17, 15) is 9.59 Å². The van der Waals surface area contributed by atoms with Crippen molar-refractivity contribution < 1.29 is 14.3 Å². The smallest absolute Gasteiger partial charge is 0.339 e. The van der Waals surface area contributed by atoms with E-state index in [4.69, 9.17) is 4.74 Å². The molecule has 3 rings (SSSR count). The minimum Gasteiger partial charge on any atom is -0.459 e. The van der Waals surface area contributed by atoms with Gasteiger partial charge in [0, 0.05) is 0 Å². The number of benzene rings is 2. The number of H-pyrrole nitrogens is 1. The highest BCUT2D eigenvalue weighted by atomic mass is 16.5. The lowest BCUT2D eigenvalue weighted by molar-refractivity contribution is 0.0375. The predicted molar refractivity (Wildman–Crippen MR) is 91.0 cm³/mol. The fourth-order valence-electron chi connectivity index (χ4n) is 2.32. The van der Waals surface area contributed by atoms with Gasteiger partial charge in [-0.3, -0.25) is 10.1 Å². The van der Waals surface area contributed by atoms with Crippen LogP contribution in [0, 0.1) is 0 Å². The molecule has 122 valence electrons. The molecule has 2 N–H and O–H groups in total. The number of fused-ring (bicyclic) bond motifs is 1. The minimum absolute atomic E-state index is 0.222. The van der Waals surface area contributed by atoms with E-state index in [1.807, 2.05) is 24.3 Å². The molecule has 1 aromatic heterocycles. The van der Waals surface area contributed by atoms with Gasteiger partial charge in [0.05, 0.1) is 28.3 Å². The highest BCUT2D eigenvalue weighted by molar-refractivity contribution is 6.10. The second kappa shape index (κ2) is 6.54. The number of aromatic amines is 1. The van der Waals surface area contributed by atoms with Gasteiger partial charge in [0.1, 0.15) is 0 Å². The first-order valence-electron chi connectivity index (χ1n) is 7.60. The van der Waals surface area contributed by atoms with E-state index in [1.165, 1.54) is 0 Å². The second-order valence-electron chi connectivity index (χ2n) is 5.56. The monoisotopic (exact) mass is 323 g/mol. The zero-order valence-electron chi connectivity index (χ0n) is 13.4. The lowest BCUT2D eigenvalue weighted by Gasteiger charge is -2.11. The Morgan fingerprint density at radius 3 is 2.42 bits per heavy atom. The summed E-state index contributed by atoms with van der Waals surface area (Å²) in [4.78, 5) is 32.0. The van der Waals surface area contributed by atoms with Crippen molar-refractivity contribution in [1.29, 1.82) is 0 Å². The Morgan fingerprint density at radius 2 is 1.71 bits per heavy atom. The number of imidazole rings is 1. The summed E-state index contributed by atoms with van der Waals surface area (Å²) in [5.41, 5.74) is 2.03. The minimum atomic E-state index is -0.527. The van der Waals surface area contributed by atoms with Crippen LogP contribution in [0.2, 0.25) is 0 Å². The van der Waals surface area contributed by atoms with Crippen molar-refractivity contribution in [3.8, 4) is 0 Å². The molecule has 6 nitrogen and oxygen atoms in total. The van der Waals surface area contributed by atoms with Crippen LogP contribution in [0.25, 0.3) is 11.0 Å². The number of para-hydroxylation sites is 2. The molecule has 0 spiro atoms. The summed E-state index contributed by atoms with van der Waals surface area (Å²) in [5.74, 6) is -0.626. The summed E-state index contributed by atoms with van der Waals surface area (Å²) in [6, 6.07) is 14.0. The summed E-state index contributed by atoms with van der Waals surface area (Å²) in [6.45, 7) is 3.52. The van der Waals surface area contributed by atoms with Gasteiger partial charge < -0.3 is 9.72 Å². The molecular weight excluding hydrogens is 306 g/mol. The van der Waals surface area contributed by atoms with Crippen LogP contribution in [0.3, 0.4) is 0 Å². The Kier molecular flexibility index (Phi) is 4.29. The van der Waals surface area contributed by atoms with E-state index >= 15 is 0 Å². The van der Waals surface area contributed by atoms with Gasteiger partial charge in [-0.2, -0.15) is 0 Å². The first kappa shape index (κ1) is 15.7.